The summed E-state index contributed by atoms with van der Waals surface area (Å²) >= 11 is 0. The molecule has 3 rings (SSSR count). The van der Waals surface area contributed by atoms with Crippen molar-refractivity contribution in [3.05, 3.63) is 70.8 Å². The summed E-state index contributed by atoms with van der Waals surface area (Å²) in [4.78, 5) is 18.7. The number of hydrogen-bond donors (Lipinski definition) is 3. The fourth-order valence-corrected chi connectivity index (χ4v) is 3.99. The Bertz CT molecular complexity index is 893. The molecule has 0 unspecified atom stereocenters. The summed E-state index contributed by atoms with van der Waals surface area (Å²) in [7, 11) is 3.47. The lowest BCUT2D eigenvalue weighted by atomic mass is 10.0. The monoisotopic (exact) mass is 549 g/mol. The fraction of sp³-hybridized carbons (Fsp3) is 0.440. The van der Waals surface area contributed by atoms with Gasteiger partial charge in [0.25, 0.3) is 5.91 Å². The Kier molecular flexibility index (Phi) is 11.0. The van der Waals surface area contributed by atoms with Gasteiger partial charge in [0.15, 0.2) is 5.96 Å². The van der Waals surface area contributed by atoms with Gasteiger partial charge in [-0.05, 0) is 55.0 Å². The van der Waals surface area contributed by atoms with E-state index in [1.165, 1.54) is 11.1 Å². The maximum Gasteiger partial charge on any atom is 0.251 e. The summed E-state index contributed by atoms with van der Waals surface area (Å²) in [6.07, 6.45) is 3.06. The molecule has 1 aliphatic rings. The van der Waals surface area contributed by atoms with Crippen LogP contribution in [-0.2, 0) is 13.0 Å². The molecule has 2 aromatic rings. The summed E-state index contributed by atoms with van der Waals surface area (Å²) in [5.74, 6) is 0.792. The molecular formula is C25H36IN5O. The highest BCUT2D eigenvalue weighted by Gasteiger charge is 2.20. The number of nitrogens with one attached hydrogen (secondary N) is 3. The molecular weight excluding hydrogens is 513 g/mol. The van der Waals surface area contributed by atoms with Crippen LogP contribution in [0.25, 0.3) is 0 Å². The number of aliphatic imine (C=N–C) groups is 1. The molecule has 0 aliphatic carbocycles. The van der Waals surface area contributed by atoms with Crippen molar-refractivity contribution >= 4 is 35.8 Å². The molecule has 6 nitrogen and oxygen atoms in total. The van der Waals surface area contributed by atoms with E-state index in [0.717, 1.165) is 57.0 Å². The zero-order chi connectivity index (χ0) is 22.1. The molecule has 1 fully saturated rings. The first-order valence-corrected chi connectivity index (χ1v) is 11.1. The number of benzene rings is 2. The minimum absolute atomic E-state index is 0. The second-order valence-corrected chi connectivity index (χ2v) is 8.15. The average molecular weight is 550 g/mol. The molecule has 1 heterocycles. The first-order chi connectivity index (χ1) is 15.1. The zero-order valence-corrected chi connectivity index (χ0v) is 21.7. The molecule has 0 atom stereocenters. The van der Waals surface area contributed by atoms with Gasteiger partial charge in [-0.25, -0.2) is 0 Å². The van der Waals surface area contributed by atoms with Gasteiger partial charge in [-0.2, -0.15) is 0 Å². The molecule has 0 spiro atoms. The van der Waals surface area contributed by atoms with E-state index in [-0.39, 0.29) is 29.9 Å². The van der Waals surface area contributed by atoms with Crippen LogP contribution in [0.15, 0.2) is 53.5 Å². The number of carbonyl (C=O) groups excluding carboxylic acids is 1. The number of aryl methyl sites for hydroxylation is 1. The lowest BCUT2D eigenvalue weighted by Gasteiger charge is -2.33. The second kappa shape index (κ2) is 13.4. The Morgan fingerprint density at radius 1 is 1.12 bits per heavy atom. The highest BCUT2D eigenvalue weighted by atomic mass is 127. The Hall–Kier alpha value is -2.13. The van der Waals surface area contributed by atoms with Gasteiger partial charge in [0.1, 0.15) is 0 Å². The largest absolute Gasteiger partial charge is 0.356 e. The smallest absolute Gasteiger partial charge is 0.251 e. The van der Waals surface area contributed by atoms with Crippen molar-refractivity contribution < 1.29 is 4.79 Å². The number of carbonyl (C=O) groups is 1. The minimum Gasteiger partial charge on any atom is -0.356 e. The molecule has 1 aliphatic heterocycles. The van der Waals surface area contributed by atoms with Crippen LogP contribution in [0.1, 0.15) is 39.9 Å². The van der Waals surface area contributed by atoms with Crippen LogP contribution in [0.2, 0.25) is 0 Å². The molecule has 0 saturated carbocycles. The predicted molar refractivity (Wildman–Crippen MR) is 143 cm³/mol. The molecule has 1 amide bonds. The fourth-order valence-electron chi connectivity index (χ4n) is 3.99. The van der Waals surface area contributed by atoms with Gasteiger partial charge < -0.3 is 16.0 Å². The predicted octanol–water partition coefficient (Wildman–Crippen LogP) is 3.34. The third kappa shape index (κ3) is 7.78. The van der Waals surface area contributed by atoms with E-state index in [2.05, 4.69) is 63.1 Å². The van der Waals surface area contributed by atoms with E-state index < -0.39 is 0 Å². The minimum atomic E-state index is -0.0546. The lowest BCUT2D eigenvalue weighted by molar-refractivity contribution is 0.0963. The Balaban J connectivity index is 0.00000363. The van der Waals surface area contributed by atoms with Crippen LogP contribution in [0, 0.1) is 6.92 Å². The molecule has 0 bridgehead atoms. The number of likely N-dealkylation sites (tertiary alicyclic amines) is 1. The van der Waals surface area contributed by atoms with Crippen molar-refractivity contribution in [2.45, 2.75) is 38.8 Å². The van der Waals surface area contributed by atoms with Crippen molar-refractivity contribution in [3.63, 3.8) is 0 Å². The van der Waals surface area contributed by atoms with Crippen molar-refractivity contribution in [2.24, 2.45) is 4.99 Å². The number of nitrogens with zero attached hydrogens (tertiary/aromatic N) is 2. The van der Waals surface area contributed by atoms with Crippen LogP contribution in [0.4, 0.5) is 0 Å². The molecule has 174 valence electrons. The highest BCUT2D eigenvalue weighted by Crippen LogP contribution is 2.16. The number of rotatable bonds is 7. The van der Waals surface area contributed by atoms with Gasteiger partial charge in [0, 0.05) is 51.9 Å². The third-order valence-corrected chi connectivity index (χ3v) is 5.93. The second-order valence-electron chi connectivity index (χ2n) is 8.15. The van der Waals surface area contributed by atoms with Gasteiger partial charge in [-0.15, -0.1) is 24.0 Å². The lowest BCUT2D eigenvalue weighted by Crippen LogP contribution is -2.48. The average Bonchev–Trinajstić information content (AvgIpc) is 2.80. The summed E-state index contributed by atoms with van der Waals surface area (Å²) in [6, 6.07) is 16.8. The molecule has 1 saturated heterocycles. The number of halogens is 1. The summed E-state index contributed by atoms with van der Waals surface area (Å²) in [5, 5.41) is 9.66. The first kappa shape index (κ1) is 26.1. The van der Waals surface area contributed by atoms with Crippen LogP contribution in [-0.4, -0.2) is 56.5 Å². The van der Waals surface area contributed by atoms with E-state index in [0.29, 0.717) is 11.6 Å². The topological polar surface area (TPSA) is 68.8 Å². The molecule has 3 N–H and O–H groups in total. The molecule has 0 radical (unpaired) electrons. The van der Waals surface area contributed by atoms with Gasteiger partial charge in [0.2, 0.25) is 0 Å². The Labute approximate surface area is 209 Å². The van der Waals surface area contributed by atoms with Gasteiger partial charge in [-0.3, -0.25) is 14.7 Å². The number of amides is 1. The standard InChI is InChI=1S/C25H35N5O.HI/c1-19-7-4-5-9-22(19)18-30-15-12-23(13-16-30)29-25(27-3)28-14-11-20-8-6-10-21(17-20)24(31)26-2;/h4-10,17,23H,11-16,18H2,1-3H3,(H,26,31)(H2,27,28,29);1H. The SMILES string of the molecule is CN=C(NCCc1cccc(C(=O)NC)c1)NC1CCN(Cc2ccccc2C)CC1.I. The maximum atomic E-state index is 11.8. The molecule has 7 heteroatoms. The van der Waals surface area contributed by atoms with E-state index in [9.17, 15) is 4.79 Å². The van der Waals surface area contributed by atoms with E-state index >= 15 is 0 Å². The molecule has 2 aromatic carbocycles. The van der Waals surface area contributed by atoms with Crippen molar-refractivity contribution in [1.29, 1.82) is 0 Å². The quantitative estimate of drug-likeness (QED) is 0.282. The number of guanidine groups is 1. The van der Waals surface area contributed by atoms with Gasteiger partial charge in [-0.1, -0.05) is 36.4 Å². The van der Waals surface area contributed by atoms with Crippen molar-refractivity contribution in [2.75, 3.05) is 33.7 Å². The van der Waals surface area contributed by atoms with Crippen molar-refractivity contribution in [1.82, 2.24) is 20.9 Å². The molecule has 0 aromatic heterocycles. The van der Waals surface area contributed by atoms with Crippen molar-refractivity contribution in [3.8, 4) is 0 Å². The van der Waals surface area contributed by atoms with E-state index in [4.69, 9.17) is 0 Å². The van der Waals surface area contributed by atoms with E-state index in [1.807, 2.05) is 25.2 Å². The Morgan fingerprint density at radius 2 is 1.88 bits per heavy atom. The van der Waals surface area contributed by atoms with Gasteiger partial charge >= 0.3 is 0 Å². The van der Waals surface area contributed by atoms with Crippen LogP contribution < -0.4 is 16.0 Å². The summed E-state index contributed by atoms with van der Waals surface area (Å²) in [6.45, 7) is 6.17. The first-order valence-electron chi connectivity index (χ1n) is 11.1. The number of hydrogen-bond acceptors (Lipinski definition) is 3. The third-order valence-electron chi connectivity index (χ3n) is 5.93. The zero-order valence-electron chi connectivity index (χ0n) is 19.4. The van der Waals surface area contributed by atoms with Gasteiger partial charge in [0.05, 0.1) is 0 Å². The van der Waals surface area contributed by atoms with Crippen LogP contribution in [0.5, 0.6) is 0 Å². The summed E-state index contributed by atoms with van der Waals surface area (Å²) in [5.41, 5.74) is 4.62. The maximum absolute atomic E-state index is 11.8. The normalized spacial score (nSPS) is 15.0. The highest BCUT2D eigenvalue weighted by molar-refractivity contribution is 14.0. The Morgan fingerprint density at radius 3 is 2.56 bits per heavy atom. The van der Waals surface area contributed by atoms with Crippen LogP contribution >= 0.6 is 24.0 Å². The summed E-state index contributed by atoms with van der Waals surface area (Å²) < 4.78 is 0. The molecule has 32 heavy (non-hydrogen) atoms. The van der Waals surface area contributed by atoms with Crippen LogP contribution in [0.3, 0.4) is 0 Å². The van der Waals surface area contributed by atoms with E-state index in [1.54, 1.807) is 7.05 Å². The number of piperidine rings is 1.